The van der Waals surface area contributed by atoms with Gasteiger partial charge >= 0.3 is 0 Å². The molecule has 0 fully saturated rings. The van der Waals surface area contributed by atoms with Crippen molar-refractivity contribution in [3.63, 3.8) is 0 Å². The van der Waals surface area contributed by atoms with Gasteiger partial charge in [-0.2, -0.15) is 0 Å². The van der Waals surface area contributed by atoms with Gasteiger partial charge in [0.05, 0.1) is 0 Å². The molecule has 1 heterocycles. The maximum atomic E-state index is 5.62. The Morgan fingerprint density at radius 1 is 1.47 bits per heavy atom. The summed E-state index contributed by atoms with van der Waals surface area (Å²) >= 11 is 0. The van der Waals surface area contributed by atoms with Crippen LogP contribution in [0.4, 0.5) is 5.69 Å². The Balaban J connectivity index is 2.23. The zero-order chi connectivity index (χ0) is 10.7. The SMILES string of the molecule is CC(CN)Nc1ccnc2c1CCCC2. The van der Waals surface area contributed by atoms with Gasteiger partial charge in [-0.05, 0) is 44.2 Å². The summed E-state index contributed by atoms with van der Waals surface area (Å²) in [5.74, 6) is 0. The second-order valence-corrected chi connectivity index (χ2v) is 4.27. The Morgan fingerprint density at radius 2 is 2.27 bits per heavy atom. The highest BCUT2D eigenvalue weighted by molar-refractivity contribution is 5.53. The average Bonchev–Trinajstić information content (AvgIpc) is 2.29. The van der Waals surface area contributed by atoms with Crippen LogP contribution < -0.4 is 11.1 Å². The number of fused-ring (bicyclic) bond motifs is 1. The first-order valence-corrected chi connectivity index (χ1v) is 5.74. The molecule has 0 radical (unpaired) electrons. The van der Waals surface area contributed by atoms with E-state index in [4.69, 9.17) is 5.73 Å². The highest BCUT2D eigenvalue weighted by atomic mass is 14.9. The molecule has 3 heteroatoms. The van der Waals surface area contributed by atoms with Crippen molar-refractivity contribution in [3.8, 4) is 0 Å². The topological polar surface area (TPSA) is 50.9 Å². The molecule has 0 saturated carbocycles. The van der Waals surface area contributed by atoms with E-state index in [1.165, 1.54) is 29.8 Å². The molecule has 0 amide bonds. The summed E-state index contributed by atoms with van der Waals surface area (Å²) in [6, 6.07) is 2.40. The molecule has 0 spiro atoms. The fourth-order valence-corrected chi connectivity index (χ4v) is 2.08. The van der Waals surface area contributed by atoms with Gasteiger partial charge in [0.2, 0.25) is 0 Å². The van der Waals surface area contributed by atoms with Gasteiger partial charge in [0.15, 0.2) is 0 Å². The molecule has 1 aliphatic rings. The molecule has 1 aromatic heterocycles. The fraction of sp³-hybridized carbons (Fsp3) is 0.583. The molecule has 82 valence electrons. The number of nitrogens with two attached hydrogens (primary N) is 1. The minimum atomic E-state index is 0.332. The molecular weight excluding hydrogens is 186 g/mol. The van der Waals surface area contributed by atoms with E-state index < -0.39 is 0 Å². The highest BCUT2D eigenvalue weighted by Gasteiger charge is 2.14. The molecular formula is C12H19N3. The standard InChI is InChI=1S/C12H19N3/c1-9(8-13)15-12-6-7-14-11-5-3-2-4-10(11)12/h6-7,9H,2-5,8,13H2,1H3,(H,14,15). The average molecular weight is 205 g/mol. The lowest BCUT2D eigenvalue weighted by Gasteiger charge is -2.21. The molecule has 15 heavy (non-hydrogen) atoms. The summed E-state index contributed by atoms with van der Waals surface area (Å²) in [7, 11) is 0. The summed E-state index contributed by atoms with van der Waals surface area (Å²) in [6.07, 6.45) is 6.74. The monoisotopic (exact) mass is 205 g/mol. The number of rotatable bonds is 3. The Labute approximate surface area is 91.1 Å². The number of pyridine rings is 1. The maximum absolute atomic E-state index is 5.62. The van der Waals surface area contributed by atoms with E-state index in [1.807, 2.05) is 6.20 Å². The highest BCUT2D eigenvalue weighted by Crippen LogP contribution is 2.26. The molecule has 1 aliphatic carbocycles. The lowest BCUT2D eigenvalue weighted by Crippen LogP contribution is -2.26. The van der Waals surface area contributed by atoms with Crippen LogP contribution in [0.1, 0.15) is 31.0 Å². The third kappa shape index (κ3) is 2.29. The van der Waals surface area contributed by atoms with Crippen LogP contribution in [-0.2, 0) is 12.8 Å². The number of anilines is 1. The maximum Gasteiger partial charge on any atom is 0.0456 e. The van der Waals surface area contributed by atoms with Gasteiger partial charge in [-0.3, -0.25) is 4.98 Å². The zero-order valence-electron chi connectivity index (χ0n) is 9.29. The van der Waals surface area contributed by atoms with Crippen LogP contribution in [0.15, 0.2) is 12.3 Å². The Hall–Kier alpha value is -1.09. The molecule has 3 N–H and O–H groups in total. The van der Waals surface area contributed by atoms with Gasteiger partial charge in [0.25, 0.3) is 0 Å². The normalized spacial score (nSPS) is 16.9. The molecule has 1 aromatic rings. The molecule has 0 saturated heterocycles. The summed E-state index contributed by atoms with van der Waals surface area (Å²) in [5, 5.41) is 3.45. The molecule has 1 unspecified atom stereocenters. The predicted molar refractivity (Wildman–Crippen MR) is 63.0 cm³/mol. The quantitative estimate of drug-likeness (QED) is 0.790. The van der Waals surface area contributed by atoms with Crippen molar-refractivity contribution in [2.24, 2.45) is 5.73 Å². The van der Waals surface area contributed by atoms with E-state index in [1.54, 1.807) is 0 Å². The van der Waals surface area contributed by atoms with Crippen LogP contribution in [0.25, 0.3) is 0 Å². The lowest BCUT2D eigenvalue weighted by molar-refractivity contribution is 0.666. The molecule has 0 aliphatic heterocycles. The molecule has 3 nitrogen and oxygen atoms in total. The molecule has 0 aromatic carbocycles. The van der Waals surface area contributed by atoms with Crippen molar-refractivity contribution >= 4 is 5.69 Å². The third-order valence-corrected chi connectivity index (χ3v) is 2.99. The van der Waals surface area contributed by atoms with Gasteiger partial charge < -0.3 is 11.1 Å². The first-order valence-electron chi connectivity index (χ1n) is 5.74. The fourth-order valence-electron chi connectivity index (χ4n) is 2.08. The lowest BCUT2D eigenvalue weighted by atomic mass is 9.94. The zero-order valence-corrected chi connectivity index (χ0v) is 9.29. The number of aryl methyl sites for hydroxylation is 1. The van der Waals surface area contributed by atoms with Crippen LogP contribution in [0.5, 0.6) is 0 Å². The van der Waals surface area contributed by atoms with Crippen molar-refractivity contribution in [3.05, 3.63) is 23.5 Å². The largest absolute Gasteiger partial charge is 0.381 e. The summed E-state index contributed by atoms with van der Waals surface area (Å²) < 4.78 is 0. The van der Waals surface area contributed by atoms with Crippen molar-refractivity contribution < 1.29 is 0 Å². The summed E-state index contributed by atoms with van der Waals surface area (Å²) in [4.78, 5) is 4.44. The smallest absolute Gasteiger partial charge is 0.0456 e. The van der Waals surface area contributed by atoms with E-state index in [-0.39, 0.29) is 0 Å². The minimum Gasteiger partial charge on any atom is -0.381 e. The third-order valence-electron chi connectivity index (χ3n) is 2.99. The number of hydrogen-bond donors (Lipinski definition) is 2. The number of nitrogens with zero attached hydrogens (tertiary/aromatic N) is 1. The van der Waals surface area contributed by atoms with Gasteiger partial charge in [-0.15, -0.1) is 0 Å². The number of aromatic nitrogens is 1. The van der Waals surface area contributed by atoms with E-state index >= 15 is 0 Å². The van der Waals surface area contributed by atoms with Gasteiger partial charge in [0.1, 0.15) is 0 Å². The Kier molecular flexibility index (Phi) is 3.21. The second-order valence-electron chi connectivity index (χ2n) is 4.27. The van der Waals surface area contributed by atoms with E-state index in [2.05, 4.69) is 23.3 Å². The molecule has 2 rings (SSSR count). The van der Waals surface area contributed by atoms with E-state index in [9.17, 15) is 0 Å². The van der Waals surface area contributed by atoms with Crippen molar-refractivity contribution in [2.45, 2.75) is 38.6 Å². The van der Waals surface area contributed by atoms with Crippen molar-refractivity contribution in [1.29, 1.82) is 0 Å². The van der Waals surface area contributed by atoms with Crippen LogP contribution in [0, 0.1) is 0 Å². The first-order chi connectivity index (χ1) is 7.31. The Bertz CT molecular complexity index is 336. The molecule has 0 bridgehead atoms. The number of hydrogen-bond acceptors (Lipinski definition) is 3. The second kappa shape index (κ2) is 4.62. The van der Waals surface area contributed by atoms with E-state index in [0.29, 0.717) is 12.6 Å². The van der Waals surface area contributed by atoms with Gasteiger partial charge in [-0.25, -0.2) is 0 Å². The summed E-state index contributed by atoms with van der Waals surface area (Å²) in [6.45, 7) is 2.77. The van der Waals surface area contributed by atoms with E-state index in [0.717, 1.165) is 12.8 Å². The van der Waals surface area contributed by atoms with Crippen LogP contribution >= 0.6 is 0 Å². The first kappa shape index (κ1) is 10.4. The van der Waals surface area contributed by atoms with Crippen molar-refractivity contribution in [1.82, 2.24) is 4.98 Å². The predicted octanol–water partition coefficient (Wildman–Crippen LogP) is 1.72. The molecule has 1 atom stereocenters. The van der Waals surface area contributed by atoms with Crippen LogP contribution in [0.2, 0.25) is 0 Å². The summed E-state index contributed by atoms with van der Waals surface area (Å²) in [5.41, 5.74) is 9.53. The van der Waals surface area contributed by atoms with Crippen LogP contribution in [0.3, 0.4) is 0 Å². The van der Waals surface area contributed by atoms with Gasteiger partial charge in [-0.1, -0.05) is 0 Å². The Morgan fingerprint density at radius 3 is 3.07 bits per heavy atom. The van der Waals surface area contributed by atoms with Crippen molar-refractivity contribution in [2.75, 3.05) is 11.9 Å². The van der Waals surface area contributed by atoms with Gasteiger partial charge in [0, 0.05) is 30.2 Å². The van der Waals surface area contributed by atoms with Crippen LogP contribution in [-0.4, -0.2) is 17.6 Å². The number of nitrogens with one attached hydrogen (secondary N) is 1. The minimum absolute atomic E-state index is 0.332.